The number of pyridine rings is 1. The van der Waals surface area contributed by atoms with Crippen LogP contribution in [0.2, 0.25) is 5.02 Å². The Morgan fingerprint density at radius 1 is 1.40 bits per heavy atom. The average molecular weight is 296 g/mol. The predicted octanol–water partition coefficient (Wildman–Crippen LogP) is 3.86. The summed E-state index contributed by atoms with van der Waals surface area (Å²) < 4.78 is 0. The zero-order valence-corrected chi connectivity index (χ0v) is 13.6. The number of hydrogen-bond donors (Lipinski definition) is 1. The van der Waals surface area contributed by atoms with E-state index in [0.29, 0.717) is 6.04 Å². The Labute approximate surface area is 127 Å². The zero-order chi connectivity index (χ0) is 14.5. The number of nitrogens with zero attached hydrogens (tertiary/aromatic N) is 2. The van der Waals surface area contributed by atoms with Gasteiger partial charge in [0.25, 0.3) is 0 Å². The summed E-state index contributed by atoms with van der Waals surface area (Å²) in [5.41, 5.74) is 0.962. The van der Waals surface area contributed by atoms with Crippen molar-refractivity contribution in [1.29, 1.82) is 0 Å². The largest absolute Gasteiger partial charge is 0.354 e. The molecule has 0 bridgehead atoms. The number of rotatable bonds is 5. The standard InChI is InChI=1S/C16H26ClN3/c1-4-8-18-11-15-14(17)5-6-16(19-15)20-9-7-12(2)10-13(20)3/h5-6,12-13,18H,4,7-11H2,1-3H3. The summed E-state index contributed by atoms with van der Waals surface area (Å²) in [5.74, 6) is 1.89. The van der Waals surface area contributed by atoms with Crippen molar-refractivity contribution in [1.82, 2.24) is 10.3 Å². The summed E-state index contributed by atoms with van der Waals surface area (Å²) in [6.45, 7) is 9.64. The van der Waals surface area contributed by atoms with Gasteiger partial charge in [-0.2, -0.15) is 0 Å². The van der Waals surface area contributed by atoms with Crippen molar-refractivity contribution < 1.29 is 0 Å². The molecule has 4 heteroatoms. The third-order valence-electron chi connectivity index (χ3n) is 4.06. The minimum Gasteiger partial charge on any atom is -0.354 e. The van der Waals surface area contributed by atoms with Gasteiger partial charge in [0.1, 0.15) is 5.82 Å². The molecule has 1 aliphatic rings. The molecular weight excluding hydrogens is 270 g/mol. The summed E-state index contributed by atoms with van der Waals surface area (Å²) in [5, 5.41) is 4.13. The molecule has 2 atom stereocenters. The number of halogens is 1. The first-order valence-electron chi connectivity index (χ1n) is 7.74. The van der Waals surface area contributed by atoms with Crippen molar-refractivity contribution in [3.05, 3.63) is 22.8 Å². The molecule has 2 rings (SSSR count). The first kappa shape index (κ1) is 15.6. The van der Waals surface area contributed by atoms with Gasteiger partial charge in [-0.25, -0.2) is 4.98 Å². The summed E-state index contributed by atoms with van der Waals surface area (Å²) in [7, 11) is 0. The maximum Gasteiger partial charge on any atom is 0.129 e. The SMILES string of the molecule is CCCNCc1nc(N2CCC(C)CC2C)ccc1Cl. The molecular formula is C16H26ClN3. The van der Waals surface area contributed by atoms with Crippen molar-refractivity contribution in [2.24, 2.45) is 5.92 Å². The van der Waals surface area contributed by atoms with Crippen molar-refractivity contribution in [2.75, 3.05) is 18.0 Å². The highest BCUT2D eigenvalue weighted by atomic mass is 35.5. The molecule has 20 heavy (non-hydrogen) atoms. The Morgan fingerprint density at radius 2 is 2.20 bits per heavy atom. The average Bonchev–Trinajstić information content (AvgIpc) is 2.41. The van der Waals surface area contributed by atoms with Gasteiger partial charge in [-0.15, -0.1) is 0 Å². The van der Waals surface area contributed by atoms with Gasteiger partial charge in [-0.05, 0) is 50.8 Å². The van der Waals surface area contributed by atoms with E-state index in [-0.39, 0.29) is 0 Å². The second kappa shape index (κ2) is 7.28. The van der Waals surface area contributed by atoms with Crippen LogP contribution in [-0.4, -0.2) is 24.1 Å². The van der Waals surface area contributed by atoms with Gasteiger partial charge in [0.2, 0.25) is 0 Å². The Morgan fingerprint density at radius 3 is 2.90 bits per heavy atom. The third-order valence-corrected chi connectivity index (χ3v) is 4.40. The zero-order valence-electron chi connectivity index (χ0n) is 12.8. The predicted molar refractivity (Wildman–Crippen MR) is 86.5 cm³/mol. The number of piperidine rings is 1. The van der Waals surface area contributed by atoms with Gasteiger partial charge in [0, 0.05) is 19.1 Å². The Bertz CT molecular complexity index is 436. The van der Waals surface area contributed by atoms with Crippen LogP contribution >= 0.6 is 11.6 Å². The number of hydrogen-bond acceptors (Lipinski definition) is 3. The van der Waals surface area contributed by atoms with Crippen LogP contribution in [-0.2, 0) is 6.54 Å². The van der Waals surface area contributed by atoms with Crippen LogP contribution < -0.4 is 10.2 Å². The van der Waals surface area contributed by atoms with Gasteiger partial charge in [0.15, 0.2) is 0 Å². The lowest BCUT2D eigenvalue weighted by molar-refractivity contribution is 0.376. The summed E-state index contributed by atoms with van der Waals surface area (Å²) in [4.78, 5) is 7.19. The van der Waals surface area contributed by atoms with Gasteiger partial charge >= 0.3 is 0 Å². The summed E-state index contributed by atoms with van der Waals surface area (Å²) in [6, 6.07) is 4.60. The van der Waals surface area contributed by atoms with Crippen LogP contribution in [0.5, 0.6) is 0 Å². The lowest BCUT2D eigenvalue weighted by atomic mass is 9.93. The third kappa shape index (κ3) is 3.86. The molecule has 1 fully saturated rings. The Hall–Kier alpha value is -0.800. The molecule has 0 spiro atoms. The van der Waals surface area contributed by atoms with Crippen LogP contribution in [0.15, 0.2) is 12.1 Å². The normalized spacial score (nSPS) is 23.1. The van der Waals surface area contributed by atoms with Gasteiger partial charge in [-0.1, -0.05) is 25.4 Å². The van der Waals surface area contributed by atoms with E-state index < -0.39 is 0 Å². The smallest absolute Gasteiger partial charge is 0.129 e. The molecule has 1 saturated heterocycles. The van der Waals surface area contributed by atoms with E-state index in [1.807, 2.05) is 6.07 Å². The monoisotopic (exact) mass is 295 g/mol. The second-order valence-electron chi connectivity index (χ2n) is 5.95. The quantitative estimate of drug-likeness (QED) is 0.836. The molecule has 0 saturated carbocycles. The lowest BCUT2D eigenvalue weighted by Crippen LogP contribution is -2.40. The molecule has 1 aromatic heterocycles. The highest BCUT2D eigenvalue weighted by Crippen LogP contribution is 2.28. The Balaban J connectivity index is 2.10. The molecule has 0 radical (unpaired) electrons. The highest BCUT2D eigenvalue weighted by molar-refractivity contribution is 6.31. The van der Waals surface area contributed by atoms with E-state index in [4.69, 9.17) is 16.6 Å². The summed E-state index contributed by atoms with van der Waals surface area (Å²) in [6.07, 6.45) is 3.62. The minimum atomic E-state index is 0.559. The molecule has 3 nitrogen and oxygen atoms in total. The van der Waals surface area contributed by atoms with Crippen LogP contribution in [0.4, 0.5) is 5.82 Å². The molecule has 0 amide bonds. The van der Waals surface area contributed by atoms with Crippen LogP contribution in [0, 0.1) is 5.92 Å². The molecule has 2 heterocycles. The highest BCUT2D eigenvalue weighted by Gasteiger charge is 2.24. The molecule has 1 aromatic rings. The minimum absolute atomic E-state index is 0.559. The molecule has 0 aromatic carbocycles. The van der Waals surface area contributed by atoms with Gasteiger partial charge in [0.05, 0.1) is 10.7 Å². The second-order valence-corrected chi connectivity index (χ2v) is 6.35. The molecule has 2 unspecified atom stereocenters. The van der Waals surface area contributed by atoms with E-state index in [1.54, 1.807) is 0 Å². The van der Waals surface area contributed by atoms with Gasteiger partial charge in [-0.3, -0.25) is 0 Å². The van der Waals surface area contributed by atoms with Crippen molar-refractivity contribution in [3.8, 4) is 0 Å². The van der Waals surface area contributed by atoms with Gasteiger partial charge < -0.3 is 10.2 Å². The van der Waals surface area contributed by atoms with E-state index in [1.165, 1.54) is 12.8 Å². The topological polar surface area (TPSA) is 28.2 Å². The summed E-state index contributed by atoms with van der Waals surface area (Å²) >= 11 is 6.25. The van der Waals surface area contributed by atoms with E-state index in [2.05, 4.69) is 37.1 Å². The fraction of sp³-hybridized carbons (Fsp3) is 0.688. The van der Waals surface area contributed by atoms with E-state index in [0.717, 1.165) is 48.5 Å². The van der Waals surface area contributed by atoms with Crippen LogP contribution in [0.1, 0.15) is 45.7 Å². The fourth-order valence-electron chi connectivity index (χ4n) is 2.89. The number of anilines is 1. The van der Waals surface area contributed by atoms with Crippen molar-refractivity contribution in [3.63, 3.8) is 0 Å². The maximum atomic E-state index is 6.25. The Kier molecular flexibility index (Phi) is 5.67. The van der Waals surface area contributed by atoms with E-state index in [9.17, 15) is 0 Å². The van der Waals surface area contributed by atoms with Crippen LogP contribution in [0.3, 0.4) is 0 Å². The molecule has 0 aliphatic carbocycles. The molecule has 112 valence electrons. The number of nitrogens with one attached hydrogen (secondary N) is 1. The lowest BCUT2D eigenvalue weighted by Gasteiger charge is -2.37. The molecule has 1 N–H and O–H groups in total. The van der Waals surface area contributed by atoms with Crippen molar-refractivity contribution >= 4 is 17.4 Å². The first-order chi connectivity index (χ1) is 9.61. The first-order valence-corrected chi connectivity index (χ1v) is 8.12. The van der Waals surface area contributed by atoms with Crippen LogP contribution in [0.25, 0.3) is 0 Å². The number of aromatic nitrogens is 1. The van der Waals surface area contributed by atoms with Crippen molar-refractivity contribution in [2.45, 2.75) is 52.6 Å². The maximum absolute atomic E-state index is 6.25. The fourth-order valence-corrected chi connectivity index (χ4v) is 3.06. The molecule has 1 aliphatic heterocycles. The van der Waals surface area contributed by atoms with E-state index >= 15 is 0 Å².